The first-order valence-electron chi connectivity index (χ1n) is 10.8. The summed E-state index contributed by atoms with van der Waals surface area (Å²) in [5, 5.41) is 6.68. The fourth-order valence-corrected chi connectivity index (χ4v) is 4.66. The van der Waals surface area contributed by atoms with Crippen molar-refractivity contribution in [2.45, 2.75) is 18.9 Å². The van der Waals surface area contributed by atoms with Gasteiger partial charge in [-0.2, -0.15) is 0 Å². The van der Waals surface area contributed by atoms with Crippen LogP contribution in [0, 0.1) is 11.7 Å². The normalized spacial score (nSPS) is 19.6. The lowest BCUT2D eigenvalue weighted by atomic mass is 9.86. The molecule has 3 fully saturated rings. The largest absolute Gasteiger partial charge is 0.494 e. The molecule has 0 spiro atoms. The molecule has 0 atom stereocenters. The predicted octanol–water partition coefficient (Wildman–Crippen LogP) is 4.76. The smallest absolute Gasteiger partial charge is 0.248 e. The quantitative estimate of drug-likeness (QED) is 0.487. The average molecular weight is 468 g/mol. The van der Waals surface area contributed by atoms with Crippen molar-refractivity contribution in [2.24, 2.45) is 5.92 Å². The number of nitrogens with zero attached hydrogens (tertiary/aromatic N) is 3. The summed E-state index contributed by atoms with van der Waals surface area (Å²) in [7, 11) is 1.53. The highest BCUT2D eigenvalue weighted by molar-refractivity contribution is 6.31. The van der Waals surface area contributed by atoms with Crippen LogP contribution in [0.4, 0.5) is 21.6 Å². The summed E-state index contributed by atoms with van der Waals surface area (Å²) in [6.45, 7) is 1.91. The van der Waals surface area contributed by atoms with Gasteiger partial charge in [0.15, 0.2) is 0 Å². The third-order valence-corrected chi connectivity index (χ3v) is 6.52. The lowest BCUT2D eigenvalue weighted by molar-refractivity contribution is -0.111. The van der Waals surface area contributed by atoms with Crippen LogP contribution in [0.15, 0.2) is 48.8 Å². The Bertz CT molecular complexity index is 1240. The molecule has 2 aromatic carbocycles. The zero-order valence-electron chi connectivity index (χ0n) is 18.0. The van der Waals surface area contributed by atoms with Gasteiger partial charge in [0.2, 0.25) is 5.91 Å². The van der Waals surface area contributed by atoms with Gasteiger partial charge in [-0.1, -0.05) is 17.7 Å². The van der Waals surface area contributed by atoms with Gasteiger partial charge in [0.1, 0.15) is 23.7 Å². The molecular weight excluding hydrogens is 445 g/mol. The van der Waals surface area contributed by atoms with Gasteiger partial charge in [0.25, 0.3) is 0 Å². The summed E-state index contributed by atoms with van der Waals surface area (Å²) >= 11 is 5.89. The average Bonchev–Trinajstić information content (AvgIpc) is 3.36. The molecule has 2 bridgehead atoms. The Morgan fingerprint density at radius 3 is 2.88 bits per heavy atom. The number of aromatic nitrogens is 2. The lowest BCUT2D eigenvalue weighted by Crippen LogP contribution is -2.28. The fourth-order valence-electron chi connectivity index (χ4n) is 4.48. The lowest BCUT2D eigenvalue weighted by Gasteiger charge is -2.25. The summed E-state index contributed by atoms with van der Waals surface area (Å²) in [6, 6.07) is 8.49. The molecular formula is C24H23ClFN5O2. The third-order valence-electron chi connectivity index (χ3n) is 6.23. The highest BCUT2D eigenvalue weighted by atomic mass is 35.5. The number of halogens is 2. The molecule has 3 heterocycles. The highest BCUT2D eigenvalue weighted by Crippen LogP contribution is 2.40. The van der Waals surface area contributed by atoms with E-state index in [4.69, 9.17) is 16.3 Å². The molecule has 33 heavy (non-hydrogen) atoms. The number of anilines is 3. The molecule has 1 saturated carbocycles. The summed E-state index contributed by atoms with van der Waals surface area (Å²) in [5.41, 5.74) is 1.70. The second-order valence-electron chi connectivity index (χ2n) is 8.38. The van der Waals surface area contributed by atoms with Crippen LogP contribution < -0.4 is 15.4 Å². The molecule has 0 radical (unpaired) electrons. The van der Waals surface area contributed by atoms with E-state index in [1.54, 1.807) is 24.3 Å². The Hall–Kier alpha value is -3.23. The van der Waals surface area contributed by atoms with Crippen molar-refractivity contribution >= 4 is 45.6 Å². The highest BCUT2D eigenvalue weighted by Gasteiger charge is 2.41. The van der Waals surface area contributed by atoms with Crippen LogP contribution in [0.5, 0.6) is 5.75 Å². The van der Waals surface area contributed by atoms with Crippen LogP contribution >= 0.6 is 11.6 Å². The SMILES string of the molecule is COc1cc2ncnc(Nc3ccc(F)c(Cl)c3)c2cc1NC(=O)/C=C/CN1CC2CC1C2. The number of hydrogen-bond acceptors (Lipinski definition) is 6. The molecule has 2 N–H and O–H groups in total. The molecule has 9 heteroatoms. The van der Waals surface area contributed by atoms with Crippen LogP contribution in [-0.2, 0) is 4.79 Å². The number of hydrogen-bond donors (Lipinski definition) is 2. The number of methoxy groups -OCH3 is 1. The van der Waals surface area contributed by atoms with Crippen LogP contribution in [0.3, 0.4) is 0 Å². The van der Waals surface area contributed by atoms with Crippen molar-refractivity contribution in [1.82, 2.24) is 14.9 Å². The number of amides is 1. The Balaban J connectivity index is 1.36. The number of fused-ring (bicyclic) bond motifs is 2. The van der Waals surface area contributed by atoms with Crippen molar-refractivity contribution < 1.29 is 13.9 Å². The van der Waals surface area contributed by atoms with E-state index in [2.05, 4.69) is 25.5 Å². The Labute approximate surface area is 195 Å². The minimum absolute atomic E-state index is 0.00547. The Morgan fingerprint density at radius 2 is 2.15 bits per heavy atom. The standard InChI is InChI=1S/C24H23ClFN5O2/c1-33-22-11-20-17(24(28-13-27-20)29-15-4-5-19(26)18(25)9-15)10-21(22)30-23(32)3-2-6-31-12-14-7-16(31)8-14/h2-5,9-11,13-14,16H,6-8,12H2,1H3,(H,30,32)(H,27,28,29)/b3-2+. The van der Waals surface area contributed by atoms with E-state index >= 15 is 0 Å². The van der Waals surface area contributed by atoms with Crippen molar-refractivity contribution in [3.05, 3.63) is 59.7 Å². The maximum absolute atomic E-state index is 13.5. The number of benzene rings is 2. The minimum atomic E-state index is -0.501. The summed E-state index contributed by atoms with van der Waals surface area (Å²) in [6.07, 6.45) is 7.45. The molecule has 6 rings (SSSR count). The van der Waals surface area contributed by atoms with Gasteiger partial charge in [0, 0.05) is 42.3 Å². The fraction of sp³-hybridized carbons (Fsp3) is 0.292. The van der Waals surface area contributed by atoms with Crippen molar-refractivity contribution in [1.29, 1.82) is 0 Å². The summed E-state index contributed by atoms with van der Waals surface area (Å²) < 4.78 is 19.0. The second-order valence-corrected chi connectivity index (χ2v) is 8.79. The molecule has 3 aliphatic rings. The first-order chi connectivity index (χ1) is 16.0. The van der Waals surface area contributed by atoms with Gasteiger partial charge in [-0.05, 0) is 43.0 Å². The second kappa shape index (κ2) is 8.96. The van der Waals surface area contributed by atoms with Crippen molar-refractivity contribution in [3.63, 3.8) is 0 Å². The molecule has 3 aromatic rings. The monoisotopic (exact) mass is 467 g/mol. The Morgan fingerprint density at radius 1 is 1.30 bits per heavy atom. The van der Waals surface area contributed by atoms with Crippen LogP contribution in [0.25, 0.3) is 10.9 Å². The van der Waals surface area contributed by atoms with Gasteiger partial charge in [-0.3, -0.25) is 9.69 Å². The molecule has 7 nitrogen and oxygen atoms in total. The van der Waals surface area contributed by atoms with E-state index in [0.717, 1.165) is 19.0 Å². The molecule has 2 aliphatic heterocycles. The molecule has 1 aromatic heterocycles. The van der Waals surface area contributed by atoms with E-state index in [1.807, 2.05) is 6.08 Å². The molecule has 170 valence electrons. The third kappa shape index (κ3) is 4.49. The number of nitrogens with one attached hydrogen (secondary N) is 2. The minimum Gasteiger partial charge on any atom is -0.494 e. The molecule has 1 amide bonds. The number of ether oxygens (including phenoxy) is 1. The molecule has 0 unspecified atom stereocenters. The van der Waals surface area contributed by atoms with Gasteiger partial charge in [-0.15, -0.1) is 0 Å². The maximum Gasteiger partial charge on any atom is 0.248 e. The first kappa shape index (κ1) is 21.6. The van der Waals surface area contributed by atoms with Gasteiger partial charge >= 0.3 is 0 Å². The van der Waals surface area contributed by atoms with Crippen molar-refractivity contribution in [3.8, 4) is 5.75 Å². The van der Waals surface area contributed by atoms with E-state index in [0.29, 0.717) is 39.9 Å². The van der Waals surface area contributed by atoms with Crippen LogP contribution in [-0.4, -0.2) is 47.0 Å². The number of carbonyl (C=O) groups is 1. The molecule has 1 aliphatic carbocycles. The number of carbonyl (C=O) groups excluding carboxylic acids is 1. The van der Waals surface area contributed by atoms with E-state index < -0.39 is 5.82 Å². The first-order valence-corrected chi connectivity index (χ1v) is 11.1. The van der Waals surface area contributed by atoms with Gasteiger partial charge in [0.05, 0.1) is 23.3 Å². The molecule has 2 saturated heterocycles. The van der Waals surface area contributed by atoms with Gasteiger partial charge in [-0.25, -0.2) is 14.4 Å². The van der Waals surface area contributed by atoms with E-state index in [9.17, 15) is 9.18 Å². The maximum atomic E-state index is 13.5. The topological polar surface area (TPSA) is 79.4 Å². The predicted molar refractivity (Wildman–Crippen MR) is 127 cm³/mol. The Kier molecular flexibility index (Phi) is 5.86. The van der Waals surface area contributed by atoms with E-state index in [1.165, 1.54) is 38.4 Å². The summed E-state index contributed by atoms with van der Waals surface area (Å²) in [4.78, 5) is 23.6. The van der Waals surface area contributed by atoms with E-state index in [-0.39, 0.29) is 10.9 Å². The van der Waals surface area contributed by atoms with Crippen LogP contribution in [0.1, 0.15) is 12.8 Å². The zero-order valence-corrected chi connectivity index (χ0v) is 18.8. The number of rotatable bonds is 7. The summed E-state index contributed by atoms with van der Waals surface area (Å²) in [5.74, 6) is 1.08. The van der Waals surface area contributed by atoms with Crippen molar-refractivity contribution in [2.75, 3.05) is 30.8 Å². The van der Waals surface area contributed by atoms with Gasteiger partial charge < -0.3 is 15.4 Å². The van der Waals surface area contributed by atoms with Crippen LogP contribution in [0.2, 0.25) is 5.02 Å². The zero-order chi connectivity index (χ0) is 22.9.